The predicted molar refractivity (Wildman–Crippen MR) is 74.9 cm³/mol. The first-order valence-corrected chi connectivity index (χ1v) is 6.89. The van der Waals surface area contributed by atoms with Crippen molar-refractivity contribution in [3.63, 3.8) is 0 Å². The van der Waals surface area contributed by atoms with Crippen molar-refractivity contribution in [1.82, 2.24) is 0 Å². The van der Waals surface area contributed by atoms with Crippen molar-refractivity contribution in [1.29, 1.82) is 0 Å². The Morgan fingerprint density at radius 3 is 2.72 bits per heavy atom. The Hall–Kier alpha value is -1.07. The summed E-state index contributed by atoms with van der Waals surface area (Å²) in [6, 6.07) is 5.10. The fourth-order valence-corrected chi connectivity index (χ4v) is 2.83. The van der Waals surface area contributed by atoms with Crippen LogP contribution in [-0.2, 0) is 11.2 Å². The lowest BCUT2D eigenvalue weighted by molar-refractivity contribution is -0.138. The molecule has 1 fully saturated rings. The smallest absolute Gasteiger partial charge is 0.320 e. The zero-order valence-corrected chi connectivity index (χ0v) is 11.7. The summed E-state index contributed by atoms with van der Waals surface area (Å²) in [5, 5.41) is 8.94. The second-order valence-electron chi connectivity index (χ2n) is 4.58. The van der Waals surface area contributed by atoms with E-state index in [1.165, 1.54) is 12.8 Å². The van der Waals surface area contributed by atoms with Crippen molar-refractivity contribution < 1.29 is 9.90 Å². The van der Waals surface area contributed by atoms with Gasteiger partial charge in [0.15, 0.2) is 0 Å². The summed E-state index contributed by atoms with van der Waals surface area (Å²) in [5.41, 5.74) is 7.75. The largest absolute Gasteiger partial charge is 0.480 e. The van der Waals surface area contributed by atoms with E-state index < -0.39 is 12.0 Å². The summed E-state index contributed by atoms with van der Waals surface area (Å²) < 4.78 is 0.934. The molecule has 0 spiro atoms. The molecular formula is C13H17BrN2O2. The lowest BCUT2D eigenvalue weighted by atomic mass is 10.0. The molecule has 3 N–H and O–H groups in total. The molecule has 1 saturated heterocycles. The summed E-state index contributed by atoms with van der Waals surface area (Å²) in [6.07, 6.45) is 2.73. The van der Waals surface area contributed by atoms with Crippen LogP contribution in [0.2, 0.25) is 0 Å². The highest BCUT2D eigenvalue weighted by atomic mass is 79.9. The summed E-state index contributed by atoms with van der Waals surface area (Å²) in [4.78, 5) is 13.2. The lowest BCUT2D eigenvalue weighted by Gasteiger charge is -2.23. The Morgan fingerprint density at radius 1 is 1.44 bits per heavy atom. The SMILES string of the molecule is NC(Cc1c(Br)cccc1N1CCCC1)C(=O)O. The van der Waals surface area contributed by atoms with Gasteiger partial charge in [-0.1, -0.05) is 22.0 Å². The third kappa shape index (κ3) is 2.84. The van der Waals surface area contributed by atoms with Gasteiger partial charge in [-0.3, -0.25) is 4.79 Å². The molecule has 1 aromatic rings. The molecule has 1 atom stereocenters. The van der Waals surface area contributed by atoms with Crippen LogP contribution >= 0.6 is 15.9 Å². The number of carboxylic acid groups (broad SMARTS) is 1. The van der Waals surface area contributed by atoms with E-state index in [-0.39, 0.29) is 0 Å². The molecule has 18 heavy (non-hydrogen) atoms. The third-order valence-corrected chi connectivity index (χ3v) is 4.03. The lowest BCUT2D eigenvalue weighted by Crippen LogP contribution is -2.33. The van der Waals surface area contributed by atoms with E-state index in [1.807, 2.05) is 18.2 Å². The average Bonchev–Trinajstić information content (AvgIpc) is 2.85. The number of hydrogen-bond acceptors (Lipinski definition) is 3. The first-order chi connectivity index (χ1) is 8.59. The number of halogens is 1. The molecule has 0 saturated carbocycles. The van der Waals surface area contributed by atoms with Crippen molar-refractivity contribution >= 4 is 27.6 Å². The van der Waals surface area contributed by atoms with Crippen LogP contribution in [-0.4, -0.2) is 30.2 Å². The van der Waals surface area contributed by atoms with Crippen LogP contribution in [0.1, 0.15) is 18.4 Å². The number of nitrogens with zero attached hydrogens (tertiary/aromatic N) is 1. The van der Waals surface area contributed by atoms with Gasteiger partial charge >= 0.3 is 5.97 Å². The average molecular weight is 313 g/mol. The molecule has 1 aliphatic heterocycles. The number of carboxylic acids is 1. The molecule has 5 heteroatoms. The normalized spacial score (nSPS) is 16.9. The second kappa shape index (κ2) is 5.71. The molecule has 2 rings (SSSR count). The number of nitrogens with two attached hydrogens (primary N) is 1. The van der Waals surface area contributed by atoms with Gasteiger partial charge in [0.1, 0.15) is 6.04 Å². The van der Waals surface area contributed by atoms with Gasteiger partial charge < -0.3 is 15.7 Å². The Kier molecular flexibility index (Phi) is 4.24. The van der Waals surface area contributed by atoms with Gasteiger partial charge in [-0.25, -0.2) is 0 Å². The van der Waals surface area contributed by atoms with E-state index in [2.05, 4.69) is 20.8 Å². The molecule has 0 bridgehead atoms. The molecule has 0 radical (unpaired) electrons. The zero-order valence-electron chi connectivity index (χ0n) is 10.1. The highest BCUT2D eigenvalue weighted by Gasteiger charge is 2.21. The molecule has 98 valence electrons. The fourth-order valence-electron chi connectivity index (χ4n) is 2.31. The van der Waals surface area contributed by atoms with Crippen molar-refractivity contribution in [2.24, 2.45) is 5.73 Å². The Labute approximate surface area is 115 Å². The highest BCUT2D eigenvalue weighted by Crippen LogP contribution is 2.31. The van der Waals surface area contributed by atoms with E-state index in [9.17, 15) is 4.79 Å². The van der Waals surface area contributed by atoms with Gasteiger partial charge in [0.05, 0.1) is 0 Å². The number of rotatable bonds is 4. The summed E-state index contributed by atoms with van der Waals surface area (Å²) in [6.45, 7) is 2.07. The summed E-state index contributed by atoms with van der Waals surface area (Å²) >= 11 is 3.50. The van der Waals surface area contributed by atoms with E-state index in [0.717, 1.165) is 28.8 Å². The van der Waals surface area contributed by atoms with Crippen LogP contribution in [0.15, 0.2) is 22.7 Å². The van der Waals surface area contributed by atoms with Crippen molar-refractivity contribution in [2.75, 3.05) is 18.0 Å². The zero-order chi connectivity index (χ0) is 13.1. The number of aliphatic carboxylic acids is 1. The van der Waals surface area contributed by atoms with Crippen LogP contribution in [0.4, 0.5) is 5.69 Å². The van der Waals surface area contributed by atoms with E-state index in [4.69, 9.17) is 10.8 Å². The number of anilines is 1. The number of benzene rings is 1. The molecule has 0 aliphatic carbocycles. The maximum atomic E-state index is 10.9. The van der Waals surface area contributed by atoms with Gasteiger partial charge in [0.25, 0.3) is 0 Å². The topological polar surface area (TPSA) is 66.6 Å². The minimum atomic E-state index is -0.960. The Bertz CT molecular complexity index is 445. The quantitative estimate of drug-likeness (QED) is 0.892. The van der Waals surface area contributed by atoms with Crippen LogP contribution in [0, 0.1) is 0 Å². The molecule has 1 unspecified atom stereocenters. The minimum absolute atomic E-state index is 0.350. The number of hydrogen-bond donors (Lipinski definition) is 2. The second-order valence-corrected chi connectivity index (χ2v) is 5.43. The first kappa shape index (κ1) is 13.4. The van der Waals surface area contributed by atoms with Crippen LogP contribution in [0.25, 0.3) is 0 Å². The Morgan fingerprint density at radius 2 is 2.11 bits per heavy atom. The summed E-state index contributed by atoms with van der Waals surface area (Å²) in [5.74, 6) is -0.960. The monoisotopic (exact) mass is 312 g/mol. The molecule has 4 nitrogen and oxygen atoms in total. The minimum Gasteiger partial charge on any atom is -0.480 e. The first-order valence-electron chi connectivity index (χ1n) is 6.10. The molecule has 1 aliphatic rings. The van der Waals surface area contributed by atoms with Gasteiger partial charge in [0.2, 0.25) is 0 Å². The third-order valence-electron chi connectivity index (χ3n) is 3.28. The van der Waals surface area contributed by atoms with Crippen molar-refractivity contribution in [3.05, 3.63) is 28.2 Å². The number of carbonyl (C=O) groups is 1. The van der Waals surface area contributed by atoms with Gasteiger partial charge in [-0.15, -0.1) is 0 Å². The Balaban J connectivity index is 2.28. The molecule has 1 heterocycles. The van der Waals surface area contributed by atoms with E-state index >= 15 is 0 Å². The predicted octanol–water partition coefficient (Wildman–Crippen LogP) is 2.00. The van der Waals surface area contributed by atoms with Crippen molar-refractivity contribution in [2.45, 2.75) is 25.3 Å². The maximum absolute atomic E-state index is 10.9. The van der Waals surface area contributed by atoms with Gasteiger partial charge in [-0.2, -0.15) is 0 Å². The fraction of sp³-hybridized carbons (Fsp3) is 0.462. The van der Waals surface area contributed by atoms with Crippen molar-refractivity contribution in [3.8, 4) is 0 Å². The van der Waals surface area contributed by atoms with Crippen LogP contribution < -0.4 is 10.6 Å². The van der Waals surface area contributed by atoms with E-state index in [0.29, 0.717) is 6.42 Å². The molecule has 0 amide bonds. The highest BCUT2D eigenvalue weighted by molar-refractivity contribution is 9.10. The van der Waals surface area contributed by atoms with Gasteiger partial charge in [0, 0.05) is 29.7 Å². The van der Waals surface area contributed by atoms with Crippen LogP contribution in [0.3, 0.4) is 0 Å². The van der Waals surface area contributed by atoms with Gasteiger partial charge in [-0.05, 0) is 30.5 Å². The van der Waals surface area contributed by atoms with E-state index in [1.54, 1.807) is 0 Å². The van der Waals surface area contributed by atoms with Crippen LogP contribution in [0.5, 0.6) is 0 Å². The molecule has 0 aromatic heterocycles. The standard InChI is InChI=1S/C13H17BrN2O2/c14-10-4-3-5-12(16-6-1-2-7-16)9(10)8-11(15)13(17)18/h3-5,11H,1-2,6-8,15H2,(H,17,18). The summed E-state index contributed by atoms with van der Waals surface area (Å²) in [7, 11) is 0. The maximum Gasteiger partial charge on any atom is 0.320 e. The molecule has 1 aromatic carbocycles. The molecular weight excluding hydrogens is 296 g/mol.